The number of rotatable bonds is 7. The molecule has 5 rings (SSSR count). The monoisotopic (exact) mass is 438 g/mol. The second kappa shape index (κ2) is 9.04. The molecule has 5 aromatic rings. The molecule has 2 aromatic heterocycles. The Balaban J connectivity index is 1.40. The molecule has 0 aliphatic heterocycles. The van der Waals surface area contributed by atoms with Crippen LogP contribution in [0.5, 0.6) is 11.6 Å². The quantitative estimate of drug-likeness (QED) is 0.225. The van der Waals surface area contributed by atoms with E-state index in [1.54, 1.807) is 12.4 Å². The number of carbonyl (C=O) groups is 1. The molecule has 0 saturated heterocycles. The van der Waals surface area contributed by atoms with E-state index in [1.807, 2.05) is 60.7 Å². The highest BCUT2D eigenvalue weighted by atomic mass is 16.7. The van der Waals surface area contributed by atoms with E-state index >= 15 is 0 Å². The smallest absolute Gasteiger partial charge is 0.493 e. The van der Waals surface area contributed by atoms with E-state index in [1.165, 1.54) is 0 Å². The highest BCUT2D eigenvalue weighted by Crippen LogP contribution is 2.35. The first-order valence-electron chi connectivity index (χ1n) is 10.8. The molecule has 0 fully saturated rings. The van der Waals surface area contributed by atoms with Crippen molar-refractivity contribution in [2.75, 3.05) is 6.61 Å². The lowest BCUT2D eigenvalue weighted by molar-refractivity contribution is 0.142. The summed E-state index contributed by atoms with van der Waals surface area (Å²) in [4.78, 5) is 18.6. The van der Waals surface area contributed by atoms with Gasteiger partial charge in [-0.1, -0.05) is 54.6 Å². The summed E-state index contributed by atoms with van der Waals surface area (Å²) < 4.78 is 11.2. The molecular weight excluding hydrogens is 416 g/mol. The van der Waals surface area contributed by atoms with Gasteiger partial charge in [-0.05, 0) is 42.0 Å². The fourth-order valence-corrected chi connectivity index (χ4v) is 4.20. The van der Waals surface area contributed by atoms with Crippen LogP contribution in [-0.2, 0) is 6.42 Å². The highest BCUT2D eigenvalue weighted by molar-refractivity contribution is 5.98. The standard InChI is InChI=1S/C27H22N2O4/c30-27(31)33-26-23(11-5-17-32-24-12-3-7-18-6-1-2-8-20(18)24)22-10-4-9-21(25(22)29-26)19-13-15-28-16-14-19/h1-4,6-10,12-16,29H,5,11,17H2,(H,30,31). The van der Waals surface area contributed by atoms with Crippen LogP contribution in [0.15, 0.2) is 85.2 Å². The van der Waals surface area contributed by atoms with Crippen molar-refractivity contribution in [2.45, 2.75) is 12.8 Å². The third-order valence-electron chi connectivity index (χ3n) is 5.66. The van der Waals surface area contributed by atoms with E-state index in [-0.39, 0.29) is 5.88 Å². The number of benzene rings is 3. The third kappa shape index (κ3) is 4.23. The van der Waals surface area contributed by atoms with Crippen molar-refractivity contribution in [2.24, 2.45) is 0 Å². The predicted molar refractivity (Wildman–Crippen MR) is 128 cm³/mol. The number of para-hydroxylation sites is 1. The molecule has 0 aliphatic rings. The van der Waals surface area contributed by atoms with Crippen molar-refractivity contribution < 1.29 is 19.4 Å². The Bertz CT molecular complexity index is 1420. The van der Waals surface area contributed by atoms with Gasteiger partial charge in [0.15, 0.2) is 0 Å². The van der Waals surface area contributed by atoms with Crippen LogP contribution >= 0.6 is 0 Å². The van der Waals surface area contributed by atoms with Gasteiger partial charge in [0.1, 0.15) is 5.75 Å². The molecule has 164 valence electrons. The molecule has 33 heavy (non-hydrogen) atoms. The zero-order valence-corrected chi connectivity index (χ0v) is 17.8. The van der Waals surface area contributed by atoms with Crippen LogP contribution in [0.1, 0.15) is 12.0 Å². The summed E-state index contributed by atoms with van der Waals surface area (Å²) in [6.07, 6.45) is 3.42. The Morgan fingerprint density at radius 2 is 1.67 bits per heavy atom. The maximum Gasteiger partial charge on any atom is 0.512 e. The topological polar surface area (TPSA) is 84.4 Å². The van der Waals surface area contributed by atoms with Crippen molar-refractivity contribution in [3.05, 3.63) is 90.8 Å². The number of hydrogen-bond acceptors (Lipinski definition) is 4. The number of aromatic nitrogens is 2. The molecule has 0 amide bonds. The van der Waals surface area contributed by atoms with Crippen LogP contribution in [0, 0.1) is 0 Å². The zero-order valence-electron chi connectivity index (χ0n) is 17.8. The van der Waals surface area contributed by atoms with E-state index < -0.39 is 6.16 Å². The first kappa shape index (κ1) is 20.6. The van der Waals surface area contributed by atoms with Crippen molar-refractivity contribution in [1.82, 2.24) is 9.97 Å². The zero-order chi connectivity index (χ0) is 22.6. The van der Waals surface area contributed by atoms with Crippen molar-refractivity contribution in [3.63, 3.8) is 0 Å². The average molecular weight is 438 g/mol. The molecular formula is C27H22N2O4. The fraction of sp³-hybridized carbons (Fsp3) is 0.111. The summed E-state index contributed by atoms with van der Waals surface area (Å²) in [6, 6.07) is 23.9. The first-order chi connectivity index (χ1) is 16.2. The third-order valence-corrected chi connectivity index (χ3v) is 5.66. The van der Waals surface area contributed by atoms with Gasteiger partial charge in [0, 0.05) is 34.3 Å². The number of carboxylic acid groups (broad SMARTS) is 1. The summed E-state index contributed by atoms with van der Waals surface area (Å²) in [5, 5.41) is 12.4. The van der Waals surface area contributed by atoms with Gasteiger partial charge >= 0.3 is 6.16 Å². The summed E-state index contributed by atoms with van der Waals surface area (Å²) >= 11 is 0. The van der Waals surface area contributed by atoms with Crippen LogP contribution in [0.3, 0.4) is 0 Å². The van der Waals surface area contributed by atoms with Crippen LogP contribution in [0.4, 0.5) is 4.79 Å². The second-order valence-electron chi connectivity index (χ2n) is 7.69. The molecule has 6 nitrogen and oxygen atoms in total. The first-order valence-corrected chi connectivity index (χ1v) is 10.8. The SMILES string of the molecule is O=C(O)Oc1[nH]c2c(-c3ccncc3)cccc2c1CCCOc1cccc2ccccc12. The van der Waals surface area contributed by atoms with Gasteiger partial charge in [0.2, 0.25) is 5.88 Å². The number of nitrogens with one attached hydrogen (secondary N) is 1. The lowest BCUT2D eigenvalue weighted by Gasteiger charge is -2.09. The summed E-state index contributed by atoms with van der Waals surface area (Å²) in [5.74, 6) is 1.10. The van der Waals surface area contributed by atoms with Gasteiger partial charge in [-0.15, -0.1) is 0 Å². The Morgan fingerprint density at radius 1 is 0.909 bits per heavy atom. The Kier molecular flexibility index (Phi) is 5.64. The second-order valence-corrected chi connectivity index (χ2v) is 7.69. The molecule has 0 saturated carbocycles. The number of fused-ring (bicyclic) bond motifs is 2. The molecule has 6 heteroatoms. The van der Waals surface area contributed by atoms with Gasteiger partial charge in [-0.2, -0.15) is 0 Å². The van der Waals surface area contributed by atoms with E-state index in [2.05, 4.69) is 22.1 Å². The van der Waals surface area contributed by atoms with Gasteiger partial charge in [0.25, 0.3) is 0 Å². The van der Waals surface area contributed by atoms with Gasteiger partial charge < -0.3 is 19.6 Å². The Hall–Kier alpha value is -4.32. The number of ether oxygens (including phenoxy) is 2. The lowest BCUT2D eigenvalue weighted by Crippen LogP contribution is -2.06. The summed E-state index contributed by atoms with van der Waals surface area (Å²) in [6.45, 7) is 0.497. The number of nitrogens with zero attached hydrogens (tertiary/aromatic N) is 1. The molecule has 0 bridgehead atoms. The molecule has 3 aromatic carbocycles. The van der Waals surface area contributed by atoms with Crippen molar-refractivity contribution >= 4 is 27.8 Å². The molecule has 0 spiro atoms. The lowest BCUT2D eigenvalue weighted by atomic mass is 10.0. The van der Waals surface area contributed by atoms with E-state index in [0.717, 1.165) is 44.1 Å². The number of hydrogen-bond donors (Lipinski definition) is 2. The van der Waals surface area contributed by atoms with Gasteiger partial charge in [-0.3, -0.25) is 4.98 Å². The minimum Gasteiger partial charge on any atom is -0.493 e. The summed E-state index contributed by atoms with van der Waals surface area (Å²) in [7, 11) is 0. The molecule has 0 radical (unpaired) electrons. The van der Waals surface area contributed by atoms with E-state index in [9.17, 15) is 9.90 Å². The number of pyridine rings is 1. The van der Waals surface area contributed by atoms with E-state index in [0.29, 0.717) is 19.4 Å². The normalized spacial score (nSPS) is 11.0. The Morgan fingerprint density at radius 3 is 2.52 bits per heavy atom. The molecule has 2 heterocycles. The highest BCUT2D eigenvalue weighted by Gasteiger charge is 2.18. The van der Waals surface area contributed by atoms with Crippen LogP contribution in [0.25, 0.3) is 32.8 Å². The van der Waals surface area contributed by atoms with Crippen LogP contribution in [-0.4, -0.2) is 27.8 Å². The number of aryl methyl sites for hydroxylation is 1. The van der Waals surface area contributed by atoms with Crippen LogP contribution in [0.2, 0.25) is 0 Å². The molecule has 0 aliphatic carbocycles. The molecule has 0 unspecified atom stereocenters. The average Bonchev–Trinajstić information content (AvgIpc) is 3.18. The molecule has 0 atom stereocenters. The molecule has 2 N–H and O–H groups in total. The number of H-pyrrole nitrogens is 1. The largest absolute Gasteiger partial charge is 0.512 e. The Labute approximate surface area is 190 Å². The number of aromatic amines is 1. The van der Waals surface area contributed by atoms with Crippen LogP contribution < -0.4 is 9.47 Å². The van der Waals surface area contributed by atoms with Crippen molar-refractivity contribution in [1.29, 1.82) is 0 Å². The van der Waals surface area contributed by atoms with E-state index in [4.69, 9.17) is 9.47 Å². The van der Waals surface area contributed by atoms with Gasteiger partial charge in [-0.25, -0.2) is 4.79 Å². The predicted octanol–water partition coefficient (Wildman–Crippen LogP) is 6.45. The maximum atomic E-state index is 11.3. The van der Waals surface area contributed by atoms with Gasteiger partial charge in [0.05, 0.1) is 12.1 Å². The maximum absolute atomic E-state index is 11.3. The fourth-order valence-electron chi connectivity index (χ4n) is 4.20. The minimum absolute atomic E-state index is 0.254. The van der Waals surface area contributed by atoms with Crippen molar-refractivity contribution in [3.8, 4) is 22.8 Å². The summed E-state index contributed by atoms with van der Waals surface area (Å²) in [5.41, 5.74) is 3.61. The minimum atomic E-state index is -1.35.